The van der Waals surface area contributed by atoms with Crippen LogP contribution in [0.5, 0.6) is 0 Å². The van der Waals surface area contributed by atoms with E-state index in [1.165, 1.54) is 5.56 Å². The average molecular weight is 376 g/mol. The molecule has 2 aromatic carbocycles. The van der Waals surface area contributed by atoms with Crippen LogP contribution < -0.4 is 10.2 Å². The van der Waals surface area contributed by atoms with Crippen LogP contribution in [0.2, 0.25) is 0 Å². The van der Waals surface area contributed by atoms with Gasteiger partial charge in [-0.2, -0.15) is 0 Å². The molecule has 0 unspecified atom stereocenters. The van der Waals surface area contributed by atoms with E-state index in [1.807, 2.05) is 61.5 Å². The predicted octanol–water partition coefficient (Wildman–Crippen LogP) is 3.43. The molecule has 1 N–H and O–H groups in total. The number of benzene rings is 2. The summed E-state index contributed by atoms with van der Waals surface area (Å²) in [5, 5.41) is 11.5. The van der Waals surface area contributed by atoms with Gasteiger partial charge in [0.25, 0.3) is 0 Å². The SMILES string of the molecule is Cc1ccc(CC(=O)N[C@H](c2ccccc2)c2nnc(N3CCCC3)o2)cc1. The first-order valence-electron chi connectivity index (χ1n) is 9.67. The molecule has 1 aromatic heterocycles. The molecule has 4 rings (SSSR count). The summed E-state index contributed by atoms with van der Waals surface area (Å²) in [6.45, 7) is 3.89. The molecule has 1 amide bonds. The third-order valence-corrected chi connectivity index (χ3v) is 4.98. The van der Waals surface area contributed by atoms with Crippen LogP contribution in [0.15, 0.2) is 59.0 Å². The number of nitrogens with zero attached hydrogens (tertiary/aromatic N) is 3. The summed E-state index contributed by atoms with van der Waals surface area (Å²) in [5.41, 5.74) is 3.06. The minimum Gasteiger partial charge on any atom is -0.405 e. The van der Waals surface area contributed by atoms with Crippen molar-refractivity contribution in [2.45, 2.75) is 32.2 Å². The molecule has 0 radical (unpaired) electrons. The van der Waals surface area contributed by atoms with Crippen LogP contribution in [0, 0.1) is 6.92 Å². The molecule has 3 aromatic rings. The Morgan fingerprint density at radius 1 is 1.07 bits per heavy atom. The number of carbonyl (C=O) groups is 1. The minimum absolute atomic E-state index is 0.0846. The summed E-state index contributed by atoms with van der Waals surface area (Å²) in [6.07, 6.45) is 2.57. The highest BCUT2D eigenvalue weighted by molar-refractivity contribution is 5.79. The fourth-order valence-corrected chi connectivity index (χ4v) is 3.42. The maximum Gasteiger partial charge on any atom is 0.318 e. The van der Waals surface area contributed by atoms with Gasteiger partial charge in [0, 0.05) is 13.1 Å². The van der Waals surface area contributed by atoms with Gasteiger partial charge in [0.2, 0.25) is 11.8 Å². The molecule has 28 heavy (non-hydrogen) atoms. The summed E-state index contributed by atoms with van der Waals surface area (Å²) < 4.78 is 5.94. The van der Waals surface area contributed by atoms with Gasteiger partial charge in [0.05, 0.1) is 6.42 Å². The molecule has 0 bridgehead atoms. The summed E-state index contributed by atoms with van der Waals surface area (Å²) in [5.74, 6) is 0.323. The first-order valence-corrected chi connectivity index (χ1v) is 9.67. The van der Waals surface area contributed by atoms with E-state index in [1.54, 1.807) is 0 Å². The Morgan fingerprint density at radius 2 is 1.79 bits per heavy atom. The van der Waals surface area contributed by atoms with E-state index < -0.39 is 6.04 Å². The maximum absolute atomic E-state index is 12.7. The van der Waals surface area contributed by atoms with E-state index in [2.05, 4.69) is 20.4 Å². The number of hydrogen-bond acceptors (Lipinski definition) is 5. The summed E-state index contributed by atoms with van der Waals surface area (Å²) in [7, 11) is 0. The van der Waals surface area contributed by atoms with Crippen molar-refractivity contribution < 1.29 is 9.21 Å². The molecule has 0 aliphatic carbocycles. The van der Waals surface area contributed by atoms with E-state index in [0.717, 1.165) is 37.1 Å². The molecule has 0 saturated carbocycles. The highest BCUT2D eigenvalue weighted by Crippen LogP contribution is 2.25. The van der Waals surface area contributed by atoms with Crippen molar-refractivity contribution in [3.05, 3.63) is 77.2 Å². The maximum atomic E-state index is 12.7. The highest BCUT2D eigenvalue weighted by Gasteiger charge is 2.25. The van der Waals surface area contributed by atoms with E-state index >= 15 is 0 Å². The van der Waals surface area contributed by atoms with Gasteiger partial charge in [-0.05, 0) is 30.9 Å². The molecule has 6 nitrogen and oxygen atoms in total. The fourth-order valence-electron chi connectivity index (χ4n) is 3.42. The number of carbonyl (C=O) groups excluding carboxylic acids is 1. The van der Waals surface area contributed by atoms with E-state index in [-0.39, 0.29) is 5.91 Å². The van der Waals surface area contributed by atoms with Gasteiger partial charge in [0.15, 0.2) is 0 Å². The topological polar surface area (TPSA) is 71.3 Å². The van der Waals surface area contributed by atoms with Gasteiger partial charge < -0.3 is 14.6 Å². The molecule has 1 saturated heterocycles. The van der Waals surface area contributed by atoms with Crippen LogP contribution in [0.1, 0.15) is 41.5 Å². The van der Waals surface area contributed by atoms with Gasteiger partial charge >= 0.3 is 6.01 Å². The Labute approximate surface area is 164 Å². The number of amides is 1. The fraction of sp³-hybridized carbons (Fsp3) is 0.318. The molecule has 1 aliphatic heterocycles. The number of nitrogens with one attached hydrogen (secondary N) is 1. The molecule has 6 heteroatoms. The van der Waals surface area contributed by atoms with Crippen molar-refractivity contribution in [2.75, 3.05) is 18.0 Å². The van der Waals surface area contributed by atoms with Crippen LogP contribution in [-0.2, 0) is 11.2 Å². The number of anilines is 1. The monoisotopic (exact) mass is 376 g/mol. The normalized spacial score (nSPS) is 14.8. The van der Waals surface area contributed by atoms with Gasteiger partial charge in [0.1, 0.15) is 6.04 Å². The molecule has 0 spiro atoms. The molecular weight excluding hydrogens is 352 g/mol. The molecule has 1 fully saturated rings. The quantitative estimate of drug-likeness (QED) is 0.714. The van der Waals surface area contributed by atoms with Crippen molar-refractivity contribution in [2.24, 2.45) is 0 Å². The number of aryl methyl sites for hydroxylation is 1. The Balaban J connectivity index is 1.54. The van der Waals surface area contributed by atoms with Gasteiger partial charge in [-0.1, -0.05) is 65.3 Å². The number of aromatic nitrogens is 2. The van der Waals surface area contributed by atoms with Crippen molar-refractivity contribution in [1.82, 2.24) is 15.5 Å². The average Bonchev–Trinajstić information content (AvgIpc) is 3.40. The second-order valence-corrected chi connectivity index (χ2v) is 7.19. The van der Waals surface area contributed by atoms with Gasteiger partial charge in [-0.3, -0.25) is 4.79 Å². The van der Waals surface area contributed by atoms with Crippen LogP contribution in [0.4, 0.5) is 6.01 Å². The lowest BCUT2D eigenvalue weighted by atomic mass is 10.1. The second kappa shape index (κ2) is 8.25. The first kappa shape index (κ1) is 18.2. The lowest BCUT2D eigenvalue weighted by Crippen LogP contribution is -2.30. The zero-order chi connectivity index (χ0) is 19.3. The van der Waals surface area contributed by atoms with Gasteiger partial charge in [-0.25, -0.2) is 0 Å². The van der Waals surface area contributed by atoms with E-state index in [0.29, 0.717) is 18.3 Å². The van der Waals surface area contributed by atoms with Crippen LogP contribution in [0.3, 0.4) is 0 Å². The van der Waals surface area contributed by atoms with E-state index in [9.17, 15) is 4.79 Å². The summed E-state index contributed by atoms with van der Waals surface area (Å²) >= 11 is 0. The lowest BCUT2D eigenvalue weighted by Gasteiger charge is -2.16. The molecule has 2 heterocycles. The van der Waals surface area contributed by atoms with Crippen molar-refractivity contribution in [3.8, 4) is 0 Å². The number of rotatable bonds is 6. The summed E-state index contributed by atoms with van der Waals surface area (Å²) in [6, 6.07) is 17.8. The first-order chi connectivity index (χ1) is 13.7. The predicted molar refractivity (Wildman–Crippen MR) is 107 cm³/mol. The lowest BCUT2D eigenvalue weighted by molar-refractivity contribution is -0.121. The van der Waals surface area contributed by atoms with E-state index in [4.69, 9.17) is 4.42 Å². The molecule has 1 aliphatic rings. The third-order valence-electron chi connectivity index (χ3n) is 4.98. The largest absolute Gasteiger partial charge is 0.405 e. The van der Waals surface area contributed by atoms with Gasteiger partial charge in [-0.15, -0.1) is 5.10 Å². The third kappa shape index (κ3) is 4.22. The van der Waals surface area contributed by atoms with Crippen molar-refractivity contribution >= 4 is 11.9 Å². The Hall–Kier alpha value is -3.15. The van der Waals surface area contributed by atoms with Crippen molar-refractivity contribution in [1.29, 1.82) is 0 Å². The zero-order valence-corrected chi connectivity index (χ0v) is 16.0. The van der Waals surface area contributed by atoms with Crippen LogP contribution in [0.25, 0.3) is 0 Å². The smallest absolute Gasteiger partial charge is 0.318 e. The summed E-state index contributed by atoms with van der Waals surface area (Å²) in [4.78, 5) is 14.8. The standard InChI is InChI=1S/C22H24N4O2/c1-16-9-11-17(12-10-16)15-19(27)23-20(18-7-3-2-4-8-18)21-24-25-22(28-21)26-13-5-6-14-26/h2-4,7-12,20H,5-6,13-15H2,1H3,(H,23,27)/t20-/m1/s1. The highest BCUT2D eigenvalue weighted by atomic mass is 16.4. The van der Waals surface area contributed by atoms with Crippen LogP contribution >= 0.6 is 0 Å². The Kier molecular flexibility index (Phi) is 5.37. The number of hydrogen-bond donors (Lipinski definition) is 1. The van der Waals surface area contributed by atoms with Crippen molar-refractivity contribution in [3.63, 3.8) is 0 Å². The van der Waals surface area contributed by atoms with Crippen LogP contribution in [-0.4, -0.2) is 29.2 Å². The molecule has 1 atom stereocenters. The Bertz CT molecular complexity index is 915. The zero-order valence-electron chi connectivity index (χ0n) is 16.0. The molecular formula is C22H24N4O2. The second-order valence-electron chi connectivity index (χ2n) is 7.19. The Morgan fingerprint density at radius 3 is 2.50 bits per heavy atom. The molecule has 144 valence electrons. The minimum atomic E-state index is -0.469.